The van der Waals surface area contributed by atoms with E-state index >= 15 is 0 Å². The Morgan fingerprint density at radius 2 is 2.05 bits per heavy atom. The molecule has 0 bridgehead atoms. The molecule has 1 saturated heterocycles. The largest absolute Gasteiger partial charge is 0.337 e. The molecule has 0 aromatic heterocycles. The molecule has 2 rings (SSSR count). The van der Waals surface area contributed by atoms with Crippen LogP contribution in [-0.4, -0.2) is 25.2 Å². The van der Waals surface area contributed by atoms with Gasteiger partial charge in [-0.05, 0) is 30.4 Å². The molecule has 0 aliphatic carbocycles. The highest BCUT2D eigenvalue weighted by atomic mass is 16.2. The molecule has 1 aliphatic rings. The minimum atomic E-state index is -0.1000. The number of urea groups is 1. The summed E-state index contributed by atoms with van der Waals surface area (Å²) in [6.07, 6.45) is 2.42. The van der Waals surface area contributed by atoms with Crippen molar-refractivity contribution >= 4 is 6.03 Å². The summed E-state index contributed by atoms with van der Waals surface area (Å²) in [5, 5.41) is 9.35. The highest BCUT2D eigenvalue weighted by Crippen LogP contribution is 2.29. The second kappa shape index (κ2) is 6.75. The first kappa shape index (κ1) is 14.9. The predicted molar refractivity (Wildman–Crippen MR) is 81.5 cm³/mol. The Labute approximate surface area is 121 Å². The normalized spacial score (nSPS) is 21.2. The van der Waals surface area contributed by atoms with Gasteiger partial charge >= 0.3 is 6.03 Å². The minimum absolute atomic E-state index is 0.1000. The fourth-order valence-electron chi connectivity index (χ4n) is 2.65. The number of hydrogen-bond donors (Lipinski definition) is 3. The SMILES string of the molecule is CC1(C)CCCNC1CNC(=O)NCc1ccccc1. The topological polar surface area (TPSA) is 53.2 Å². The number of piperidine rings is 1. The van der Waals surface area contributed by atoms with Crippen molar-refractivity contribution in [3.05, 3.63) is 35.9 Å². The maximum Gasteiger partial charge on any atom is 0.315 e. The quantitative estimate of drug-likeness (QED) is 0.789. The van der Waals surface area contributed by atoms with Crippen LogP contribution in [-0.2, 0) is 6.54 Å². The van der Waals surface area contributed by atoms with Crippen LogP contribution in [0.15, 0.2) is 30.3 Å². The van der Waals surface area contributed by atoms with Crippen LogP contribution in [0.5, 0.6) is 0 Å². The Morgan fingerprint density at radius 1 is 1.30 bits per heavy atom. The maximum atomic E-state index is 11.8. The van der Waals surface area contributed by atoms with Gasteiger partial charge < -0.3 is 16.0 Å². The molecule has 0 radical (unpaired) electrons. The van der Waals surface area contributed by atoms with Crippen molar-refractivity contribution in [2.75, 3.05) is 13.1 Å². The third-order valence-corrected chi connectivity index (χ3v) is 4.09. The van der Waals surface area contributed by atoms with E-state index in [0.717, 1.165) is 12.1 Å². The highest BCUT2D eigenvalue weighted by Gasteiger charge is 2.31. The molecule has 1 fully saturated rings. The second-order valence-corrected chi connectivity index (χ2v) is 6.15. The average Bonchev–Trinajstić information content (AvgIpc) is 2.44. The zero-order valence-electron chi connectivity index (χ0n) is 12.4. The summed E-state index contributed by atoms with van der Waals surface area (Å²) >= 11 is 0. The number of benzene rings is 1. The van der Waals surface area contributed by atoms with Gasteiger partial charge in [0, 0.05) is 19.1 Å². The number of amides is 2. The molecule has 0 spiro atoms. The zero-order chi connectivity index (χ0) is 14.4. The lowest BCUT2D eigenvalue weighted by molar-refractivity contribution is 0.175. The van der Waals surface area contributed by atoms with E-state index in [0.29, 0.717) is 19.1 Å². The molecular formula is C16H25N3O. The molecule has 3 N–H and O–H groups in total. The number of carbonyl (C=O) groups excluding carboxylic acids is 1. The van der Waals surface area contributed by atoms with E-state index in [-0.39, 0.29) is 11.4 Å². The zero-order valence-corrected chi connectivity index (χ0v) is 12.4. The first-order valence-electron chi connectivity index (χ1n) is 7.37. The Balaban J connectivity index is 1.72. The van der Waals surface area contributed by atoms with Crippen LogP contribution in [0.25, 0.3) is 0 Å². The predicted octanol–water partition coefficient (Wildman–Crippen LogP) is 2.26. The number of hydrogen-bond acceptors (Lipinski definition) is 2. The lowest BCUT2D eigenvalue weighted by Gasteiger charge is -2.39. The number of carbonyl (C=O) groups is 1. The molecule has 1 heterocycles. The summed E-state index contributed by atoms with van der Waals surface area (Å²) in [4.78, 5) is 11.8. The minimum Gasteiger partial charge on any atom is -0.337 e. The molecule has 4 heteroatoms. The standard InChI is InChI=1S/C16H25N3O/c1-16(2)9-6-10-17-14(16)12-19-15(20)18-11-13-7-4-3-5-8-13/h3-5,7-8,14,17H,6,9-12H2,1-2H3,(H2,18,19,20). The van der Waals surface area contributed by atoms with E-state index in [1.54, 1.807) is 0 Å². The van der Waals surface area contributed by atoms with E-state index in [4.69, 9.17) is 0 Å². The van der Waals surface area contributed by atoms with Crippen LogP contribution in [0.4, 0.5) is 4.79 Å². The average molecular weight is 275 g/mol. The third-order valence-electron chi connectivity index (χ3n) is 4.09. The lowest BCUT2D eigenvalue weighted by Crippen LogP contribution is -2.53. The van der Waals surface area contributed by atoms with Crippen LogP contribution in [0.1, 0.15) is 32.3 Å². The van der Waals surface area contributed by atoms with Gasteiger partial charge in [-0.3, -0.25) is 0 Å². The van der Waals surface area contributed by atoms with Gasteiger partial charge in [0.15, 0.2) is 0 Å². The van der Waals surface area contributed by atoms with Crippen molar-refractivity contribution < 1.29 is 4.79 Å². The van der Waals surface area contributed by atoms with Crippen molar-refractivity contribution in [1.29, 1.82) is 0 Å². The molecule has 1 unspecified atom stereocenters. The molecule has 110 valence electrons. The molecule has 1 aromatic carbocycles. The Kier molecular flexibility index (Phi) is 5.01. The molecule has 2 amide bonds. The van der Waals surface area contributed by atoms with Crippen LogP contribution < -0.4 is 16.0 Å². The van der Waals surface area contributed by atoms with E-state index in [1.807, 2.05) is 30.3 Å². The van der Waals surface area contributed by atoms with Gasteiger partial charge in [-0.2, -0.15) is 0 Å². The summed E-state index contributed by atoms with van der Waals surface area (Å²) in [5.41, 5.74) is 1.35. The van der Waals surface area contributed by atoms with Gasteiger partial charge in [0.2, 0.25) is 0 Å². The fourth-order valence-corrected chi connectivity index (χ4v) is 2.65. The van der Waals surface area contributed by atoms with E-state index in [2.05, 4.69) is 29.8 Å². The summed E-state index contributed by atoms with van der Waals surface area (Å²) in [5.74, 6) is 0. The van der Waals surface area contributed by atoms with Crippen molar-refractivity contribution in [2.24, 2.45) is 5.41 Å². The van der Waals surface area contributed by atoms with Gasteiger partial charge in [-0.25, -0.2) is 4.79 Å². The van der Waals surface area contributed by atoms with E-state index in [1.165, 1.54) is 12.8 Å². The Hall–Kier alpha value is -1.55. The molecular weight excluding hydrogens is 250 g/mol. The molecule has 1 atom stereocenters. The van der Waals surface area contributed by atoms with Gasteiger partial charge in [0.05, 0.1) is 0 Å². The van der Waals surface area contributed by atoms with Crippen molar-refractivity contribution in [3.8, 4) is 0 Å². The summed E-state index contributed by atoms with van der Waals surface area (Å²) in [7, 11) is 0. The molecule has 20 heavy (non-hydrogen) atoms. The van der Waals surface area contributed by atoms with Crippen LogP contribution in [0.3, 0.4) is 0 Å². The number of rotatable bonds is 4. The van der Waals surface area contributed by atoms with Crippen molar-refractivity contribution in [3.63, 3.8) is 0 Å². The summed E-state index contributed by atoms with van der Waals surface area (Å²) < 4.78 is 0. The fraction of sp³-hybridized carbons (Fsp3) is 0.562. The summed E-state index contributed by atoms with van der Waals surface area (Å²) in [6.45, 7) is 6.80. The smallest absolute Gasteiger partial charge is 0.315 e. The van der Waals surface area contributed by atoms with Crippen LogP contribution in [0.2, 0.25) is 0 Å². The van der Waals surface area contributed by atoms with Gasteiger partial charge in [0.1, 0.15) is 0 Å². The molecule has 4 nitrogen and oxygen atoms in total. The van der Waals surface area contributed by atoms with Gasteiger partial charge in [-0.15, -0.1) is 0 Å². The van der Waals surface area contributed by atoms with E-state index < -0.39 is 0 Å². The second-order valence-electron chi connectivity index (χ2n) is 6.15. The Bertz CT molecular complexity index is 431. The highest BCUT2D eigenvalue weighted by molar-refractivity contribution is 5.73. The van der Waals surface area contributed by atoms with Gasteiger partial charge in [-0.1, -0.05) is 44.2 Å². The first-order chi connectivity index (χ1) is 9.58. The third kappa shape index (κ3) is 4.23. The Morgan fingerprint density at radius 3 is 2.75 bits per heavy atom. The van der Waals surface area contributed by atoms with Gasteiger partial charge in [0.25, 0.3) is 0 Å². The van der Waals surface area contributed by atoms with Crippen molar-refractivity contribution in [1.82, 2.24) is 16.0 Å². The monoisotopic (exact) mass is 275 g/mol. The lowest BCUT2D eigenvalue weighted by atomic mass is 9.77. The maximum absolute atomic E-state index is 11.8. The van der Waals surface area contributed by atoms with E-state index in [9.17, 15) is 4.79 Å². The number of nitrogens with one attached hydrogen (secondary N) is 3. The molecule has 1 aromatic rings. The van der Waals surface area contributed by atoms with Crippen LogP contribution in [0, 0.1) is 5.41 Å². The first-order valence-corrected chi connectivity index (χ1v) is 7.37. The summed E-state index contributed by atoms with van der Waals surface area (Å²) in [6, 6.07) is 10.2. The molecule has 1 aliphatic heterocycles. The van der Waals surface area contributed by atoms with Crippen molar-refractivity contribution in [2.45, 2.75) is 39.3 Å². The van der Waals surface area contributed by atoms with Crippen LogP contribution >= 0.6 is 0 Å². The molecule has 0 saturated carbocycles.